The molecule has 0 saturated carbocycles. The van der Waals surface area contributed by atoms with Gasteiger partial charge in [-0.1, -0.05) is 0 Å². The Morgan fingerprint density at radius 2 is 2.35 bits per heavy atom. The lowest BCUT2D eigenvalue weighted by molar-refractivity contribution is -0.116. The van der Waals surface area contributed by atoms with Crippen LogP contribution >= 0.6 is 22.6 Å². The Balaban J connectivity index is 2.05. The summed E-state index contributed by atoms with van der Waals surface area (Å²) in [4.78, 5) is 14.1. The van der Waals surface area contributed by atoms with Crippen LogP contribution in [-0.2, 0) is 9.53 Å². The molecule has 1 aromatic carbocycles. The number of amides is 1. The number of benzene rings is 1. The monoisotopic (exact) mass is 344 g/mol. The fourth-order valence-corrected chi connectivity index (χ4v) is 2.91. The molecule has 1 unspecified atom stereocenters. The summed E-state index contributed by atoms with van der Waals surface area (Å²) in [5, 5.41) is 2.98. The second kappa shape index (κ2) is 4.45. The van der Waals surface area contributed by atoms with Crippen molar-refractivity contribution in [2.45, 2.75) is 12.5 Å². The predicted molar refractivity (Wildman–Crippen MR) is 74.4 cm³/mol. The molecule has 1 fully saturated rings. The van der Waals surface area contributed by atoms with Gasteiger partial charge in [-0.2, -0.15) is 0 Å². The van der Waals surface area contributed by atoms with Gasteiger partial charge in [0, 0.05) is 16.5 Å². The first kappa shape index (κ1) is 11.3. The fraction of sp³-hybridized carbons (Fsp3) is 0.417. The van der Waals surface area contributed by atoms with Crippen molar-refractivity contribution in [3.63, 3.8) is 0 Å². The Morgan fingerprint density at radius 1 is 1.47 bits per heavy atom. The molecular weight excluding hydrogens is 331 g/mol. The largest absolute Gasteiger partial charge is 0.377 e. The Kier molecular flexibility index (Phi) is 2.96. The van der Waals surface area contributed by atoms with E-state index < -0.39 is 0 Å². The van der Waals surface area contributed by atoms with E-state index in [4.69, 9.17) is 4.74 Å². The zero-order valence-corrected chi connectivity index (χ0v) is 11.4. The Morgan fingerprint density at radius 3 is 3.24 bits per heavy atom. The molecule has 1 aromatic rings. The van der Waals surface area contributed by atoms with Gasteiger partial charge in [-0.15, -0.1) is 0 Å². The third kappa shape index (κ3) is 2.13. The van der Waals surface area contributed by atoms with Gasteiger partial charge < -0.3 is 15.0 Å². The minimum absolute atomic E-state index is 0.0752. The maximum atomic E-state index is 11.8. The number of morpholine rings is 1. The number of anilines is 2. The average Bonchev–Trinajstić information content (AvgIpc) is 2.43. The SMILES string of the molecule is O=C1CC2COCCN2c2ccc(I)cc2N1. The van der Waals surface area contributed by atoms with Crippen LogP contribution in [0.4, 0.5) is 11.4 Å². The van der Waals surface area contributed by atoms with Crippen molar-refractivity contribution in [2.75, 3.05) is 30.0 Å². The number of nitrogens with one attached hydrogen (secondary N) is 1. The summed E-state index contributed by atoms with van der Waals surface area (Å²) < 4.78 is 6.59. The third-order valence-electron chi connectivity index (χ3n) is 3.19. The van der Waals surface area contributed by atoms with Gasteiger partial charge in [0.1, 0.15) is 0 Å². The summed E-state index contributed by atoms with van der Waals surface area (Å²) in [6, 6.07) is 6.35. The van der Waals surface area contributed by atoms with E-state index in [1.165, 1.54) is 0 Å². The smallest absolute Gasteiger partial charge is 0.226 e. The van der Waals surface area contributed by atoms with Crippen LogP contribution in [0, 0.1) is 3.57 Å². The minimum Gasteiger partial charge on any atom is -0.377 e. The molecule has 1 amide bonds. The van der Waals surface area contributed by atoms with Crippen LogP contribution in [0.15, 0.2) is 18.2 Å². The molecule has 1 saturated heterocycles. The summed E-state index contributed by atoms with van der Waals surface area (Å²) in [5.74, 6) is 0.0752. The summed E-state index contributed by atoms with van der Waals surface area (Å²) in [6.07, 6.45) is 0.505. The third-order valence-corrected chi connectivity index (χ3v) is 3.86. The van der Waals surface area contributed by atoms with Crippen molar-refractivity contribution < 1.29 is 9.53 Å². The number of halogens is 1. The van der Waals surface area contributed by atoms with Gasteiger partial charge in [-0.25, -0.2) is 0 Å². The van der Waals surface area contributed by atoms with E-state index >= 15 is 0 Å². The van der Waals surface area contributed by atoms with Crippen LogP contribution in [0.5, 0.6) is 0 Å². The number of carbonyl (C=O) groups is 1. The normalized spacial score (nSPS) is 23.5. The Bertz CT molecular complexity index is 464. The highest BCUT2D eigenvalue weighted by atomic mass is 127. The number of fused-ring (bicyclic) bond motifs is 3. The van der Waals surface area contributed by atoms with Crippen LogP contribution in [0.2, 0.25) is 0 Å². The first-order valence-electron chi connectivity index (χ1n) is 5.68. The van der Waals surface area contributed by atoms with Gasteiger partial charge in [0.2, 0.25) is 5.91 Å². The van der Waals surface area contributed by atoms with Crippen LogP contribution in [0.25, 0.3) is 0 Å². The van der Waals surface area contributed by atoms with Crippen molar-refractivity contribution in [1.29, 1.82) is 0 Å². The zero-order chi connectivity index (χ0) is 11.8. The van der Waals surface area contributed by atoms with Crippen LogP contribution in [-0.4, -0.2) is 31.7 Å². The predicted octanol–water partition coefficient (Wildman–Crippen LogP) is 1.84. The topological polar surface area (TPSA) is 41.6 Å². The summed E-state index contributed by atoms with van der Waals surface area (Å²) >= 11 is 2.26. The number of carbonyl (C=O) groups excluding carboxylic acids is 1. The van der Waals surface area contributed by atoms with E-state index in [0.717, 1.165) is 28.1 Å². The molecule has 3 rings (SSSR count). The summed E-state index contributed by atoms with van der Waals surface area (Å²) in [7, 11) is 0. The van der Waals surface area contributed by atoms with Crippen molar-refractivity contribution in [2.24, 2.45) is 0 Å². The lowest BCUT2D eigenvalue weighted by Gasteiger charge is -2.36. The van der Waals surface area contributed by atoms with Gasteiger partial charge in [-0.3, -0.25) is 4.79 Å². The standard InChI is InChI=1S/C12H13IN2O2/c13-8-1-2-11-10(5-8)14-12(16)6-9-7-17-4-3-15(9)11/h1-2,5,9H,3-4,6-7H2,(H,14,16). The number of ether oxygens (including phenoxy) is 1. The maximum absolute atomic E-state index is 11.8. The maximum Gasteiger partial charge on any atom is 0.226 e. The van der Waals surface area contributed by atoms with Crippen LogP contribution < -0.4 is 10.2 Å². The molecule has 0 aromatic heterocycles. The molecule has 0 aliphatic carbocycles. The highest BCUT2D eigenvalue weighted by Crippen LogP contribution is 2.33. The van der Waals surface area contributed by atoms with Crippen LogP contribution in [0.1, 0.15) is 6.42 Å². The van der Waals surface area contributed by atoms with Crippen molar-refractivity contribution in [3.8, 4) is 0 Å². The molecule has 1 N–H and O–H groups in total. The van der Waals surface area contributed by atoms with Gasteiger partial charge in [0.15, 0.2) is 0 Å². The molecular formula is C12H13IN2O2. The minimum atomic E-state index is 0.0752. The first-order chi connectivity index (χ1) is 8.24. The van der Waals surface area contributed by atoms with E-state index in [1.54, 1.807) is 0 Å². The highest BCUT2D eigenvalue weighted by molar-refractivity contribution is 14.1. The molecule has 4 nitrogen and oxygen atoms in total. The number of hydrogen-bond donors (Lipinski definition) is 1. The van der Waals surface area contributed by atoms with Crippen molar-refractivity contribution in [1.82, 2.24) is 0 Å². The summed E-state index contributed by atoms with van der Waals surface area (Å²) in [5.41, 5.74) is 2.04. The van der Waals surface area contributed by atoms with Crippen LogP contribution in [0.3, 0.4) is 0 Å². The van der Waals surface area contributed by atoms with Crippen molar-refractivity contribution in [3.05, 3.63) is 21.8 Å². The molecule has 2 heterocycles. The summed E-state index contributed by atoms with van der Waals surface area (Å²) in [6.45, 7) is 2.22. The first-order valence-corrected chi connectivity index (χ1v) is 6.76. The van der Waals surface area contributed by atoms with Gasteiger partial charge in [0.05, 0.1) is 30.6 Å². The fourth-order valence-electron chi connectivity index (χ4n) is 2.42. The molecule has 0 spiro atoms. The van der Waals surface area contributed by atoms with E-state index in [2.05, 4.69) is 44.9 Å². The average molecular weight is 344 g/mol. The molecule has 5 heteroatoms. The number of hydrogen-bond acceptors (Lipinski definition) is 3. The lowest BCUT2D eigenvalue weighted by atomic mass is 10.1. The van der Waals surface area contributed by atoms with E-state index in [0.29, 0.717) is 13.0 Å². The van der Waals surface area contributed by atoms with E-state index in [9.17, 15) is 4.79 Å². The Labute approximate surface area is 113 Å². The van der Waals surface area contributed by atoms with Gasteiger partial charge in [-0.05, 0) is 40.8 Å². The van der Waals surface area contributed by atoms with E-state index in [-0.39, 0.29) is 11.9 Å². The number of nitrogens with zero attached hydrogens (tertiary/aromatic N) is 1. The molecule has 1 atom stereocenters. The quantitative estimate of drug-likeness (QED) is 0.731. The molecule has 2 aliphatic rings. The van der Waals surface area contributed by atoms with Gasteiger partial charge >= 0.3 is 0 Å². The van der Waals surface area contributed by atoms with E-state index in [1.807, 2.05) is 6.07 Å². The molecule has 0 bridgehead atoms. The zero-order valence-electron chi connectivity index (χ0n) is 9.28. The second-order valence-corrected chi connectivity index (χ2v) is 5.58. The van der Waals surface area contributed by atoms with Crippen molar-refractivity contribution >= 4 is 39.9 Å². The molecule has 90 valence electrons. The van der Waals surface area contributed by atoms with Gasteiger partial charge in [0.25, 0.3) is 0 Å². The molecule has 17 heavy (non-hydrogen) atoms. The second-order valence-electron chi connectivity index (χ2n) is 4.34. The highest BCUT2D eigenvalue weighted by Gasteiger charge is 2.30. The number of rotatable bonds is 0. The lowest BCUT2D eigenvalue weighted by Crippen LogP contribution is -2.45. The Hall–Kier alpha value is -0.820. The molecule has 2 aliphatic heterocycles. The molecule has 0 radical (unpaired) electrons.